The molecule has 0 saturated heterocycles. The Balaban J connectivity index is 2.46. The number of benzene rings is 1. The largest absolute Gasteiger partial charge is 0.388 e. The minimum Gasteiger partial charge on any atom is -0.388 e. The summed E-state index contributed by atoms with van der Waals surface area (Å²) in [6, 6.07) is 7.51. The van der Waals surface area contributed by atoms with E-state index in [2.05, 4.69) is 0 Å². The number of nitrogens with zero attached hydrogens (tertiary/aromatic N) is 1. The molecule has 0 bridgehead atoms. The Morgan fingerprint density at radius 3 is 2.93 bits per heavy atom. The summed E-state index contributed by atoms with van der Waals surface area (Å²) in [4.78, 5) is 13.0. The van der Waals surface area contributed by atoms with Gasteiger partial charge in [-0.25, -0.2) is 0 Å². The number of aliphatic hydroxyl groups is 1. The predicted molar refractivity (Wildman–Crippen MR) is 54.0 cm³/mol. The van der Waals surface area contributed by atoms with Crippen LogP contribution in [0.4, 0.5) is 5.69 Å². The number of amides is 1. The van der Waals surface area contributed by atoms with Gasteiger partial charge in [0, 0.05) is 24.7 Å². The van der Waals surface area contributed by atoms with Crippen molar-refractivity contribution < 1.29 is 9.90 Å². The molecule has 1 aliphatic rings. The minimum atomic E-state index is -0.429. The monoisotopic (exact) mass is 191 g/mol. The number of rotatable bonds is 0. The summed E-state index contributed by atoms with van der Waals surface area (Å²) in [6.07, 6.45) is 0.193. The molecule has 0 aromatic heterocycles. The lowest BCUT2D eigenvalue weighted by molar-refractivity contribution is -0.116. The van der Waals surface area contributed by atoms with Crippen molar-refractivity contribution in [3.63, 3.8) is 0 Å². The van der Waals surface area contributed by atoms with Crippen molar-refractivity contribution >= 4 is 11.6 Å². The van der Waals surface area contributed by atoms with Crippen LogP contribution in [0.3, 0.4) is 0 Å². The van der Waals surface area contributed by atoms with Gasteiger partial charge in [0.15, 0.2) is 0 Å². The Morgan fingerprint density at radius 1 is 1.50 bits per heavy atom. The number of carbonyl (C=O) groups excluding carboxylic acids is 1. The van der Waals surface area contributed by atoms with E-state index >= 15 is 0 Å². The van der Waals surface area contributed by atoms with Crippen molar-refractivity contribution in [2.75, 3.05) is 11.4 Å². The van der Waals surface area contributed by atoms with E-state index in [4.69, 9.17) is 0 Å². The Kier molecular flexibility index (Phi) is 2.25. The van der Waals surface area contributed by atoms with Crippen LogP contribution in [0.15, 0.2) is 24.3 Å². The van der Waals surface area contributed by atoms with Gasteiger partial charge in [-0.05, 0) is 12.5 Å². The van der Waals surface area contributed by atoms with E-state index in [9.17, 15) is 9.90 Å². The van der Waals surface area contributed by atoms with E-state index in [-0.39, 0.29) is 5.91 Å². The first-order chi connectivity index (χ1) is 6.70. The Labute approximate surface area is 83.0 Å². The third-order valence-corrected chi connectivity index (χ3v) is 2.59. The Morgan fingerprint density at radius 2 is 2.21 bits per heavy atom. The maximum absolute atomic E-state index is 11.3. The SMILES string of the molecule is CC(=O)N1CC[C@@H](O)c2ccccc21. The van der Waals surface area contributed by atoms with Gasteiger partial charge in [0.2, 0.25) is 5.91 Å². The fourth-order valence-corrected chi connectivity index (χ4v) is 1.87. The standard InChI is InChI=1S/C11H13NO2/c1-8(13)12-7-6-11(14)9-4-2-3-5-10(9)12/h2-5,11,14H,6-7H2,1H3/t11-/m1/s1. The van der Waals surface area contributed by atoms with Crippen molar-refractivity contribution in [3.05, 3.63) is 29.8 Å². The molecule has 0 unspecified atom stereocenters. The quantitative estimate of drug-likeness (QED) is 0.674. The molecule has 74 valence electrons. The normalized spacial score (nSPS) is 20.4. The molecule has 1 aliphatic heterocycles. The number of fused-ring (bicyclic) bond motifs is 1. The first-order valence-electron chi connectivity index (χ1n) is 4.75. The minimum absolute atomic E-state index is 0.0318. The lowest BCUT2D eigenvalue weighted by Gasteiger charge is -2.31. The highest BCUT2D eigenvalue weighted by molar-refractivity contribution is 5.92. The van der Waals surface area contributed by atoms with Gasteiger partial charge in [-0.15, -0.1) is 0 Å². The zero-order chi connectivity index (χ0) is 10.1. The van der Waals surface area contributed by atoms with Crippen molar-refractivity contribution in [3.8, 4) is 0 Å². The van der Waals surface area contributed by atoms with Gasteiger partial charge in [0.05, 0.1) is 6.10 Å². The smallest absolute Gasteiger partial charge is 0.223 e. The van der Waals surface area contributed by atoms with E-state index in [1.807, 2.05) is 24.3 Å². The second-order valence-electron chi connectivity index (χ2n) is 3.53. The molecule has 0 fully saturated rings. The molecule has 0 saturated carbocycles. The van der Waals surface area contributed by atoms with Crippen molar-refractivity contribution in [2.45, 2.75) is 19.4 Å². The number of anilines is 1. The number of hydrogen-bond donors (Lipinski definition) is 1. The van der Waals surface area contributed by atoms with Gasteiger partial charge in [-0.3, -0.25) is 4.79 Å². The zero-order valence-corrected chi connectivity index (χ0v) is 8.10. The predicted octanol–water partition coefficient (Wildman–Crippen LogP) is 1.48. The molecule has 1 amide bonds. The van der Waals surface area contributed by atoms with E-state index in [0.717, 1.165) is 11.3 Å². The highest BCUT2D eigenvalue weighted by Gasteiger charge is 2.24. The molecule has 1 N–H and O–H groups in total. The molecule has 3 nitrogen and oxygen atoms in total. The van der Waals surface area contributed by atoms with E-state index in [1.54, 1.807) is 11.8 Å². The van der Waals surface area contributed by atoms with Gasteiger partial charge in [-0.2, -0.15) is 0 Å². The first kappa shape index (κ1) is 9.21. The maximum atomic E-state index is 11.3. The molecule has 0 spiro atoms. The average Bonchev–Trinajstić information content (AvgIpc) is 2.18. The van der Waals surface area contributed by atoms with Crippen LogP contribution in [0.5, 0.6) is 0 Å². The summed E-state index contributed by atoms with van der Waals surface area (Å²) < 4.78 is 0. The molecule has 2 rings (SSSR count). The molecule has 0 aliphatic carbocycles. The first-order valence-corrected chi connectivity index (χ1v) is 4.75. The van der Waals surface area contributed by atoms with Crippen molar-refractivity contribution in [1.29, 1.82) is 0 Å². The second-order valence-corrected chi connectivity index (χ2v) is 3.53. The molecule has 14 heavy (non-hydrogen) atoms. The third-order valence-electron chi connectivity index (χ3n) is 2.59. The molecule has 1 heterocycles. The van der Waals surface area contributed by atoms with Gasteiger partial charge < -0.3 is 10.0 Å². The molecule has 1 aromatic rings. The Hall–Kier alpha value is -1.35. The highest BCUT2D eigenvalue weighted by Crippen LogP contribution is 2.33. The molecule has 1 atom stereocenters. The summed E-state index contributed by atoms with van der Waals surface area (Å²) >= 11 is 0. The highest BCUT2D eigenvalue weighted by atomic mass is 16.3. The molecule has 1 aromatic carbocycles. The summed E-state index contributed by atoms with van der Waals surface area (Å²) in [5.74, 6) is 0.0318. The summed E-state index contributed by atoms with van der Waals surface area (Å²) in [5.41, 5.74) is 1.70. The fraction of sp³-hybridized carbons (Fsp3) is 0.364. The van der Waals surface area contributed by atoms with Crippen LogP contribution in [-0.4, -0.2) is 17.6 Å². The molecular formula is C11H13NO2. The fourth-order valence-electron chi connectivity index (χ4n) is 1.87. The summed E-state index contributed by atoms with van der Waals surface area (Å²) in [7, 11) is 0. The third kappa shape index (κ3) is 1.40. The Bertz CT molecular complexity index is 362. The van der Waals surface area contributed by atoms with E-state index in [1.165, 1.54) is 0 Å². The molecular weight excluding hydrogens is 178 g/mol. The summed E-state index contributed by atoms with van der Waals surface area (Å²) in [6.45, 7) is 2.15. The topological polar surface area (TPSA) is 40.5 Å². The van der Waals surface area contributed by atoms with Gasteiger partial charge in [0.1, 0.15) is 0 Å². The number of hydrogen-bond acceptors (Lipinski definition) is 2. The van der Waals surface area contributed by atoms with Crippen LogP contribution in [0.2, 0.25) is 0 Å². The maximum Gasteiger partial charge on any atom is 0.223 e. The van der Waals surface area contributed by atoms with E-state index < -0.39 is 6.10 Å². The number of carbonyl (C=O) groups is 1. The van der Waals surface area contributed by atoms with Gasteiger partial charge in [0.25, 0.3) is 0 Å². The van der Waals surface area contributed by atoms with Crippen LogP contribution in [0, 0.1) is 0 Å². The number of para-hydroxylation sites is 1. The lowest BCUT2D eigenvalue weighted by atomic mass is 9.99. The van der Waals surface area contributed by atoms with Crippen LogP contribution in [0.25, 0.3) is 0 Å². The number of aliphatic hydroxyl groups excluding tert-OH is 1. The van der Waals surface area contributed by atoms with Gasteiger partial charge in [-0.1, -0.05) is 18.2 Å². The van der Waals surface area contributed by atoms with Crippen LogP contribution >= 0.6 is 0 Å². The van der Waals surface area contributed by atoms with Crippen LogP contribution in [0.1, 0.15) is 25.0 Å². The van der Waals surface area contributed by atoms with Gasteiger partial charge >= 0.3 is 0 Å². The van der Waals surface area contributed by atoms with Crippen molar-refractivity contribution in [1.82, 2.24) is 0 Å². The van der Waals surface area contributed by atoms with Crippen LogP contribution in [-0.2, 0) is 4.79 Å². The second kappa shape index (κ2) is 3.42. The lowest BCUT2D eigenvalue weighted by Crippen LogP contribution is -2.34. The zero-order valence-electron chi connectivity index (χ0n) is 8.10. The molecule has 0 radical (unpaired) electrons. The molecule has 3 heteroatoms. The van der Waals surface area contributed by atoms with Crippen LogP contribution < -0.4 is 4.90 Å². The van der Waals surface area contributed by atoms with Crippen molar-refractivity contribution in [2.24, 2.45) is 0 Å². The van der Waals surface area contributed by atoms with E-state index in [0.29, 0.717) is 13.0 Å². The summed E-state index contributed by atoms with van der Waals surface area (Å²) in [5, 5.41) is 9.72. The average molecular weight is 191 g/mol.